The number of aromatic nitrogens is 3. The second-order valence-corrected chi connectivity index (χ2v) is 8.44. The molecule has 31 heavy (non-hydrogen) atoms. The third-order valence-electron chi connectivity index (χ3n) is 5.16. The highest BCUT2D eigenvalue weighted by atomic mass is 32.1. The molecule has 0 saturated carbocycles. The number of benzene rings is 3. The number of halogens is 1. The van der Waals surface area contributed by atoms with E-state index in [0.717, 1.165) is 21.7 Å². The number of hydrogen-bond acceptors (Lipinski definition) is 4. The first-order valence-corrected chi connectivity index (χ1v) is 10.7. The Kier molecular flexibility index (Phi) is 4.92. The van der Waals surface area contributed by atoms with Crippen LogP contribution < -0.4 is 5.56 Å². The van der Waals surface area contributed by atoms with Gasteiger partial charge in [-0.1, -0.05) is 60.7 Å². The van der Waals surface area contributed by atoms with Gasteiger partial charge in [-0.3, -0.25) is 4.79 Å². The van der Waals surface area contributed by atoms with E-state index in [4.69, 9.17) is 5.10 Å². The standard InChI is InChI=1S/C25H18FN3OS/c1-16-27-22-24(31-16)21(17-12-14-20(26)15-13-17)28-29(25(22)30)23(18-8-4-2-5-9-18)19-10-6-3-7-11-19/h2-15,23H,1H3. The zero-order chi connectivity index (χ0) is 21.4. The first kappa shape index (κ1) is 19.3. The van der Waals surface area contributed by atoms with Gasteiger partial charge in [-0.2, -0.15) is 5.10 Å². The summed E-state index contributed by atoms with van der Waals surface area (Å²) in [7, 11) is 0. The van der Waals surface area contributed by atoms with Crippen molar-refractivity contribution in [3.63, 3.8) is 0 Å². The molecular weight excluding hydrogens is 409 g/mol. The molecule has 0 amide bonds. The zero-order valence-electron chi connectivity index (χ0n) is 16.7. The number of hydrogen-bond donors (Lipinski definition) is 0. The minimum atomic E-state index is -0.416. The highest BCUT2D eigenvalue weighted by Gasteiger charge is 2.23. The lowest BCUT2D eigenvalue weighted by molar-refractivity contribution is 0.567. The molecule has 4 nitrogen and oxygen atoms in total. The molecule has 0 radical (unpaired) electrons. The van der Waals surface area contributed by atoms with E-state index in [1.807, 2.05) is 67.6 Å². The van der Waals surface area contributed by atoms with Crippen LogP contribution in [0.4, 0.5) is 4.39 Å². The SMILES string of the molecule is Cc1nc2c(=O)n(C(c3ccccc3)c3ccccc3)nc(-c3ccc(F)cc3)c2s1. The quantitative estimate of drug-likeness (QED) is 0.375. The van der Waals surface area contributed by atoms with Gasteiger partial charge in [-0.15, -0.1) is 11.3 Å². The first-order valence-electron chi connectivity index (χ1n) is 9.87. The van der Waals surface area contributed by atoms with Crippen molar-refractivity contribution in [2.45, 2.75) is 13.0 Å². The van der Waals surface area contributed by atoms with Crippen molar-refractivity contribution in [3.8, 4) is 11.3 Å². The van der Waals surface area contributed by atoms with Crippen LogP contribution in [0.25, 0.3) is 21.5 Å². The third-order valence-corrected chi connectivity index (χ3v) is 6.14. The smallest absolute Gasteiger partial charge is 0.265 e. The van der Waals surface area contributed by atoms with Crippen LogP contribution in [0.1, 0.15) is 22.2 Å². The number of rotatable bonds is 4. The molecule has 0 unspecified atom stereocenters. The Hall–Kier alpha value is -3.64. The van der Waals surface area contributed by atoms with Gasteiger partial charge in [-0.05, 0) is 42.3 Å². The summed E-state index contributed by atoms with van der Waals surface area (Å²) in [5.41, 5.74) is 3.39. The van der Waals surface area contributed by atoms with Crippen LogP contribution in [-0.4, -0.2) is 14.8 Å². The van der Waals surface area contributed by atoms with Gasteiger partial charge in [-0.25, -0.2) is 14.1 Å². The van der Waals surface area contributed by atoms with Gasteiger partial charge in [0.25, 0.3) is 5.56 Å². The molecule has 5 rings (SSSR count). The fourth-order valence-electron chi connectivity index (χ4n) is 3.76. The van der Waals surface area contributed by atoms with Crippen LogP contribution in [0.2, 0.25) is 0 Å². The fourth-order valence-corrected chi connectivity index (χ4v) is 4.67. The molecular formula is C25H18FN3OS. The molecule has 152 valence electrons. The molecule has 0 N–H and O–H groups in total. The Morgan fingerprint density at radius 1 is 0.871 bits per heavy atom. The summed E-state index contributed by atoms with van der Waals surface area (Å²) in [5, 5.41) is 5.60. The highest BCUT2D eigenvalue weighted by Crippen LogP contribution is 2.32. The molecule has 0 aliphatic carbocycles. The Balaban J connectivity index is 1.83. The van der Waals surface area contributed by atoms with Crippen LogP contribution >= 0.6 is 11.3 Å². The van der Waals surface area contributed by atoms with Crippen LogP contribution in [-0.2, 0) is 0 Å². The molecule has 6 heteroatoms. The van der Waals surface area contributed by atoms with Crippen molar-refractivity contribution in [2.75, 3.05) is 0 Å². The second-order valence-electron chi connectivity index (χ2n) is 7.24. The van der Waals surface area contributed by atoms with Crippen molar-refractivity contribution in [1.82, 2.24) is 14.8 Å². The second kappa shape index (κ2) is 7.89. The lowest BCUT2D eigenvalue weighted by Gasteiger charge is -2.21. The number of nitrogens with zero attached hydrogens (tertiary/aromatic N) is 3. The Morgan fingerprint density at radius 3 is 2.03 bits per heavy atom. The summed E-state index contributed by atoms with van der Waals surface area (Å²) >= 11 is 1.42. The molecule has 3 aromatic carbocycles. The fraction of sp³-hybridized carbons (Fsp3) is 0.0800. The van der Waals surface area contributed by atoms with Crippen molar-refractivity contribution >= 4 is 21.6 Å². The molecule has 5 aromatic rings. The molecule has 0 aliphatic rings. The first-order chi connectivity index (χ1) is 15.1. The minimum Gasteiger partial charge on any atom is -0.265 e. The van der Waals surface area contributed by atoms with Crippen molar-refractivity contribution in [2.24, 2.45) is 0 Å². The van der Waals surface area contributed by atoms with Gasteiger partial charge in [0.05, 0.1) is 9.71 Å². The van der Waals surface area contributed by atoms with E-state index in [2.05, 4.69) is 4.98 Å². The van der Waals surface area contributed by atoms with Crippen molar-refractivity contribution in [3.05, 3.63) is 117 Å². The molecule has 2 aromatic heterocycles. The maximum absolute atomic E-state index is 13.6. The van der Waals surface area contributed by atoms with E-state index in [-0.39, 0.29) is 11.4 Å². The van der Waals surface area contributed by atoms with Crippen molar-refractivity contribution in [1.29, 1.82) is 0 Å². The van der Waals surface area contributed by atoms with E-state index in [1.165, 1.54) is 28.2 Å². The predicted molar refractivity (Wildman–Crippen MR) is 122 cm³/mol. The molecule has 2 heterocycles. The van der Waals surface area contributed by atoms with Crippen LogP contribution in [0.15, 0.2) is 89.7 Å². The minimum absolute atomic E-state index is 0.247. The molecule has 0 saturated heterocycles. The summed E-state index contributed by atoms with van der Waals surface area (Å²) in [6, 6.07) is 25.4. The molecule has 0 spiro atoms. The van der Waals surface area contributed by atoms with Crippen LogP contribution in [0.5, 0.6) is 0 Å². The number of aryl methyl sites for hydroxylation is 1. The van der Waals surface area contributed by atoms with Gasteiger partial charge >= 0.3 is 0 Å². The lowest BCUT2D eigenvalue weighted by atomic mass is 9.99. The van der Waals surface area contributed by atoms with Gasteiger partial charge in [0.2, 0.25) is 0 Å². The summed E-state index contributed by atoms with van der Waals surface area (Å²) in [6.07, 6.45) is 0. The van der Waals surface area contributed by atoms with Crippen LogP contribution in [0, 0.1) is 12.7 Å². The van der Waals surface area contributed by atoms with Crippen LogP contribution in [0.3, 0.4) is 0 Å². The van der Waals surface area contributed by atoms with Gasteiger partial charge in [0.15, 0.2) is 5.52 Å². The maximum atomic E-state index is 13.6. The summed E-state index contributed by atoms with van der Waals surface area (Å²) in [4.78, 5) is 18.1. The lowest BCUT2D eigenvalue weighted by Crippen LogP contribution is -2.29. The average Bonchev–Trinajstić information content (AvgIpc) is 3.20. The highest BCUT2D eigenvalue weighted by molar-refractivity contribution is 7.19. The van der Waals surface area contributed by atoms with Gasteiger partial charge in [0.1, 0.15) is 17.6 Å². The molecule has 0 aliphatic heterocycles. The maximum Gasteiger partial charge on any atom is 0.295 e. The largest absolute Gasteiger partial charge is 0.295 e. The normalized spacial score (nSPS) is 11.3. The summed E-state index contributed by atoms with van der Waals surface area (Å²) < 4.78 is 15.8. The zero-order valence-corrected chi connectivity index (χ0v) is 17.5. The van der Waals surface area contributed by atoms with Gasteiger partial charge < -0.3 is 0 Å². The summed E-state index contributed by atoms with van der Waals surface area (Å²) in [6.45, 7) is 1.87. The van der Waals surface area contributed by atoms with Crippen molar-refractivity contribution < 1.29 is 4.39 Å². The predicted octanol–water partition coefficient (Wildman–Crippen LogP) is 5.61. The van der Waals surface area contributed by atoms with E-state index >= 15 is 0 Å². The van der Waals surface area contributed by atoms with Gasteiger partial charge in [0, 0.05) is 5.56 Å². The van der Waals surface area contributed by atoms with E-state index < -0.39 is 6.04 Å². The monoisotopic (exact) mass is 427 g/mol. The van der Waals surface area contributed by atoms with E-state index in [1.54, 1.807) is 12.1 Å². The molecule has 0 fully saturated rings. The Labute approximate surface area is 182 Å². The number of thiazole rings is 1. The third kappa shape index (κ3) is 3.55. The summed E-state index contributed by atoms with van der Waals surface area (Å²) in [5.74, 6) is -0.319. The van der Waals surface area contributed by atoms with E-state index in [0.29, 0.717) is 15.9 Å². The average molecular weight is 428 g/mol. The molecule has 0 atom stereocenters. The Bertz CT molecular complexity index is 1370. The number of fused-ring (bicyclic) bond motifs is 1. The van der Waals surface area contributed by atoms with E-state index in [9.17, 15) is 9.18 Å². The molecule has 0 bridgehead atoms. The Morgan fingerprint density at radius 2 is 1.45 bits per heavy atom. The topological polar surface area (TPSA) is 47.8 Å².